The molecule has 2 amide bonds. The number of nitrogens with zero attached hydrogens (tertiary/aromatic N) is 3. The van der Waals surface area contributed by atoms with Crippen LogP contribution in [0, 0.1) is 41.5 Å². The number of hydrogen-bond acceptors (Lipinski definition) is 6. The van der Waals surface area contributed by atoms with Crippen LogP contribution in [-0.2, 0) is 20.0 Å². The first-order chi connectivity index (χ1) is 21.7. The lowest BCUT2D eigenvalue weighted by atomic mass is 9.95. The second-order valence-electron chi connectivity index (χ2n) is 12.3. The Kier molecular flexibility index (Phi) is 9.84. The van der Waals surface area contributed by atoms with Gasteiger partial charge < -0.3 is 15.0 Å². The van der Waals surface area contributed by atoms with Crippen molar-refractivity contribution in [1.82, 2.24) is 13.5 Å². The van der Waals surface area contributed by atoms with E-state index in [0.717, 1.165) is 52.6 Å². The molecule has 0 spiro atoms. The van der Waals surface area contributed by atoms with Crippen LogP contribution in [0.15, 0.2) is 52.3 Å². The minimum absolute atomic E-state index is 0.0756. The Hall–Kier alpha value is -3.45. The molecule has 5 rings (SSSR count). The van der Waals surface area contributed by atoms with E-state index in [1.807, 2.05) is 59.7 Å². The molecule has 2 heterocycles. The second-order valence-corrected chi connectivity index (χ2v) is 16.1. The van der Waals surface area contributed by atoms with E-state index in [1.165, 1.54) is 20.7 Å². The molecule has 2 fully saturated rings. The van der Waals surface area contributed by atoms with Crippen LogP contribution in [0.2, 0.25) is 0 Å². The number of anilines is 1. The Labute approximate surface area is 273 Å². The highest BCUT2D eigenvalue weighted by Crippen LogP contribution is 2.35. The molecule has 0 bridgehead atoms. The van der Waals surface area contributed by atoms with Gasteiger partial charge in [0.15, 0.2) is 5.75 Å². The minimum atomic E-state index is -3.79. The van der Waals surface area contributed by atoms with Crippen molar-refractivity contribution in [3.63, 3.8) is 0 Å². The number of nitrogens with one attached hydrogen (secondary N) is 1. The van der Waals surface area contributed by atoms with Gasteiger partial charge in [0.1, 0.15) is 5.75 Å². The summed E-state index contributed by atoms with van der Waals surface area (Å²) in [5.74, 6) is 0.849. The number of aryl methyl sites for hydroxylation is 1. The van der Waals surface area contributed by atoms with Crippen molar-refractivity contribution < 1.29 is 26.4 Å². The van der Waals surface area contributed by atoms with Gasteiger partial charge in [-0.15, -0.1) is 0 Å². The molecular weight excluding hydrogens is 625 g/mol. The summed E-state index contributed by atoms with van der Waals surface area (Å²) in [6, 6.07) is 11.5. The normalized spacial score (nSPS) is 16.8. The fourth-order valence-electron chi connectivity index (χ4n) is 6.22. The maximum atomic E-state index is 13.8. The van der Waals surface area contributed by atoms with Crippen LogP contribution in [0.5, 0.6) is 11.5 Å². The zero-order chi connectivity index (χ0) is 33.4. The summed E-state index contributed by atoms with van der Waals surface area (Å²) in [5, 5.41) is 2.87. The number of amides is 2. The molecule has 10 nitrogen and oxygen atoms in total. The van der Waals surface area contributed by atoms with Crippen molar-refractivity contribution in [2.45, 2.75) is 70.6 Å². The maximum Gasteiger partial charge on any atom is 0.322 e. The molecule has 0 atom stereocenters. The third-order valence-electron chi connectivity index (χ3n) is 9.42. The SMILES string of the molecule is Cc1cccc(Oc2ccc(S(=O)(=O)N3CCCCC3)cc2NC(=O)N2CCN(S(=O)(=O)c3c(C)c(C)c(C)c(C)c3C)CC2)c1. The molecule has 0 aliphatic carbocycles. The third-order valence-corrected chi connectivity index (χ3v) is 13.5. The van der Waals surface area contributed by atoms with E-state index in [1.54, 1.807) is 17.0 Å². The first kappa shape index (κ1) is 33.9. The fraction of sp³-hybridized carbons (Fsp3) is 0.441. The lowest BCUT2D eigenvalue weighted by Gasteiger charge is -2.35. The summed E-state index contributed by atoms with van der Waals surface area (Å²) < 4.78 is 63.7. The summed E-state index contributed by atoms with van der Waals surface area (Å²) in [6.07, 6.45) is 2.61. The molecule has 0 radical (unpaired) electrons. The van der Waals surface area contributed by atoms with Gasteiger partial charge in [0, 0.05) is 39.3 Å². The molecule has 248 valence electrons. The van der Waals surface area contributed by atoms with E-state index in [0.29, 0.717) is 29.5 Å². The highest BCUT2D eigenvalue weighted by atomic mass is 32.2. The number of carbonyl (C=O) groups excluding carboxylic acids is 1. The molecule has 12 heteroatoms. The number of urea groups is 1. The van der Waals surface area contributed by atoms with Crippen LogP contribution < -0.4 is 10.1 Å². The second kappa shape index (κ2) is 13.3. The van der Waals surface area contributed by atoms with Crippen molar-refractivity contribution in [2.24, 2.45) is 0 Å². The standard InChI is InChI=1S/C34H44N4O6S2/c1-23-11-10-12-29(21-23)44-32-14-13-30(45(40,41)37-15-8-7-9-16-37)22-31(32)35-34(39)36-17-19-38(20-18-36)46(42,43)33-27(5)25(3)24(2)26(4)28(33)6/h10-14,21-22H,7-9,15-20H2,1-6H3,(H,35,39). The van der Waals surface area contributed by atoms with E-state index in [9.17, 15) is 21.6 Å². The number of carbonyl (C=O) groups is 1. The van der Waals surface area contributed by atoms with Crippen LogP contribution in [0.4, 0.5) is 10.5 Å². The predicted molar refractivity (Wildman–Crippen MR) is 180 cm³/mol. The summed E-state index contributed by atoms with van der Waals surface area (Å²) in [7, 11) is -7.56. The average Bonchev–Trinajstić information content (AvgIpc) is 3.04. The Morgan fingerprint density at radius 1 is 0.674 bits per heavy atom. The molecule has 0 aromatic heterocycles. The zero-order valence-electron chi connectivity index (χ0n) is 27.5. The molecular formula is C34H44N4O6S2. The minimum Gasteiger partial charge on any atom is -0.455 e. The summed E-state index contributed by atoms with van der Waals surface area (Å²) in [5.41, 5.74) is 5.73. The number of rotatable bonds is 7. The Morgan fingerprint density at radius 2 is 1.26 bits per heavy atom. The Balaban J connectivity index is 1.37. The molecule has 1 N–H and O–H groups in total. The highest BCUT2D eigenvalue weighted by molar-refractivity contribution is 7.89. The molecule has 46 heavy (non-hydrogen) atoms. The van der Waals surface area contributed by atoms with Crippen LogP contribution in [-0.4, -0.2) is 75.6 Å². The predicted octanol–water partition coefficient (Wildman–Crippen LogP) is 6.04. The zero-order valence-corrected chi connectivity index (χ0v) is 29.1. The highest BCUT2D eigenvalue weighted by Gasteiger charge is 2.34. The Bertz CT molecular complexity index is 1830. The van der Waals surface area contributed by atoms with Crippen LogP contribution >= 0.6 is 0 Å². The van der Waals surface area contributed by atoms with Gasteiger partial charge in [-0.1, -0.05) is 18.6 Å². The Morgan fingerprint density at radius 3 is 1.87 bits per heavy atom. The third kappa shape index (κ3) is 6.67. The number of benzene rings is 3. The van der Waals surface area contributed by atoms with E-state index in [2.05, 4.69) is 5.32 Å². The number of ether oxygens (including phenoxy) is 1. The summed E-state index contributed by atoms with van der Waals surface area (Å²) in [6.45, 7) is 13.1. The molecule has 3 aromatic rings. The van der Waals surface area contributed by atoms with Crippen molar-refractivity contribution in [1.29, 1.82) is 0 Å². The van der Waals surface area contributed by atoms with Crippen LogP contribution in [0.1, 0.15) is 52.6 Å². The van der Waals surface area contributed by atoms with E-state index < -0.39 is 26.1 Å². The smallest absolute Gasteiger partial charge is 0.322 e. The summed E-state index contributed by atoms with van der Waals surface area (Å²) >= 11 is 0. The monoisotopic (exact) mass is 668 g/mol. The van der Waals surface area contributed by atoms with Gasteiger partial charge in [-0.2, -0.15) is 8.61 Å². The van der Waals surface area contributed by atoms with E-state index in [4.69, 9.17) is 4.74 Å². The molecule has 2 aliphatic heterocycles. The van der Waals surface area contributed by atoms with Crippen LogP contribution in [0.3, 0.4) is 0 Å². The van der Waals surface area contributed by atoms with Crippen molar-refractivity contribution in [3.8, 4) is 11.5 Å². The molecule has 2 aliphatic rings. The molecule has 0 unspecified atom stereocenters. The first-order valence-electron chi connectivity index (χ1n) is 15.7. The number of piperazine rings is 1. The first-order valence-corrected chi connectivity index (χ1v) is 18.6. The van der Waals surface area contributed by atoms with Crippen molar-refractivity contribution in [3.05, 3.63) is 75.8 Å². The van der Waals surface area contributed by atoms with Crippen LogP contribution in [0.25, 0.3) is 0 Å². The largest absolute Gasteiger partial charge is 0.455 e. The van der Waals surface area contributed by atoms with Gasteiger partial charge in [0.2, 0.25) is 20.0 Å². The molecule has 3 aromatic carbocycles. The number of piperidine rings is 1. The lowest BCUT2D eigenvalue weighted by Crippen LogP contribution is -2.51. The molecule has 0 saturated carbocycles. The molecule has 2 saturated heterocycles. The van der Waals surface area contributed by atoms with E-state index in [-0.39, 0.29) is 36.8 Å². The average molecular weight is 669 g/mol. The number of hydrogen-bond donors (Lipinski definition) is 1. The topological polar surface area (TPSA) is 116 Å². The lowest BCUT2D eigenvalue weighted by molar-refractivity contribution is 0.184. The van der Waals surface area contributed by atoms with Crippen molar-refractivity contribution in [2.75, 3.05) is 44.6 Å². The van der Waals surface area contributed by atoms with Gasteiger partial charge in [-0.25, -0.2) is 21.6 Å². The fourth-order valence-corrected chi connectivity index (χ4v) is 9.75. The quantitative estimate of drug-likeness (QED) is 0.328. The van der Waals surface area contributed by atoms with Gasteiger partial charge in [-0.05, 0) is 118 Å². The van der Waals surface area contributed by atoms with E-state index >= 15 is 0 Å². The van der Waals surface area contributed by atoms with Gasteiger partial charge in [-0.3, -0.25) is 0 Å². The summed E-state index contributed by atoms with van der Waals surface area (Å²) in [4.78, 5) is 15.5. The van der Waals surface area contributed by atoms with Gasteiger partial charge in [0.05, 0.1) is 15.5 Å². The maximum absolute atomic E-state index is 13.8. The number of sulfonamides is 2. The van der Waals surface area contributed by atoms with Gasteiger partial charge >= 0.3 is 6.03 Å². The van der Waals surface area contributed by atoms with Crippen molar-refractivity contribution >= 4 is 31.8 Å². The van der Waals surface area contributed by atoms with Gasteiger partial charge in [0.25, 0.3) is 0 Å².